The van der Waals surface area contributed by atoms with E-state index < -0.39 is 27.7 Å². The zero-order chi connectivity index (χ0) is 19.0. The first-order valence-corrected chi connectivity index (χ1v) is 10.7. The van der Waals surface area contributed by atoms with Crippen molar-refractivity contribution in [3.8, 4) is 11.5 Å². The Labute approximate surface area is 158 Å². The van der Waals surface area contributed by atoms with Gasteiger partial charge in [0.2, 0.25) is 21.8 Å². The molecular weight excluding hydrogens is 396 g/mol. The Bertz CT molecular complexity index is 1050. The van der Waals surface area contributed by atoms with Gasteiger partial charge in [0.1, 0.15) is 6.04 Å². The number of benzene rings is 1. The van der Waals surface area contributed by atoms with Crippen LogP contribution in [-0.2, 0) is 10.0 Å². The lowest BCUT2D eigenvalue weighted by Crippen LogP contribution is -2.38. The minimum Gasteiger partial charge on any atom is -0.419 e. The fourth-order valence-electron chi connectivity index (χ4n) is 3.08. The molecule has 1 unspecified atom stereocenters. The van der Waals surface area contributed by atoms with Gasteiger partial charge in [-0.15, -0.1) is 10.2 Å². The van der Waals surface area contributed by atoms with Gasteiger partial charge in [-0.05, 0) is 42.5 Å². The summed E-state index contributed by atoms with van der Waals surface area (Å²) in [5.74, 6) is -1.78. The number of piperidine rings is 1. The number of rotatable bonds is 4. The summed E-state index contributed by atoms with van der Waals surface area (Å²) in [5.41, 5.74) is 0.768. The van der Waals surface area contributed by atoms with Crippen LogP contribution in [-0.4, -0.2) is 29.5 Å². The van der Waals surface area contributed by atoms with Crippen LogP contribution in [0.5, 0.6) is 0 Å². The molecule has 0 aliphatic carbocycles. The average Bonchev–Trinajstić information content (AvgIpc) is 3.35. The molecule has 1 aromatic carbocycles. The molecule has 10 heteroatoms. The van der Waals surface area contributed by atoms with Crippen molar-refractivity contribution in [3.05, 3.63) is 52.6 Å². The van der Waals surface area contributed by atoms with Gasteiger partial charge in [0, 0.05) is 17.5 Å². The molecule has 27 heavy (non-hydrogen) atoms. The summed E-state index contributed by atoms with van der Waals surface area (Å²) in [4.78, 5) is -0.300. The summed E-state index contributed by atoms with van der Waals surface area (Å²) in [5, 5.41) is 11.8. The lowest BCUT2D eigenvalue weighted by Gasteiger charge is -2.32. The van der Waals surface area contributed by atoms with Gasteiger partial charge in [-0.2, -0.15) is 15.6 Å². The van der Waals surface area contributed by atoms with E-state index in [9.17, 15) is 17.2 Å². The molecule has 6 nitrogen and oxygen atoms in total. The largest absolute Gasteiger partial charge is 0.419 e. The van der Waals surface area contributed by atoms with E-state index in [1.54, 1.807) is 0 Å². The Balaban J connectivity index is 1.69. The third-order valence-corrected chi connectivity index (χ3v) is 7.03. The molecule has 4 rings (SSSR count). The summed E-state index contributed by atoms with van der Waals surface area (Å²) in [7, 11) is -4.04. The van der Waals surface area contributed by atoms with Crippen LogP contribution in [0, 0.1) is 11.6 Å². The number of hydrogen-bond acceptors (Lipinski definition) is 6. The molecule has 3 aromatic rings. The number of halogens is 2. The molecule has 0 radical (unpaired) electrons. The van der Waals surface area contributed by atoms with Crippen molar-refractivity contribution in [2.24, 2.45) is 0 Å². The first-order chi connectivity index (χ1) is 13.0. The van der Waals surface area contributed by atoms with Crippen molar-refractivity contribution in [1.29, 1.82) is 0 Å². The van der Waals surface area contributed by atoms with E-state index >= 15 is 0 Å². The van der Waals surface area contributed by atoms with Gasteiger partial charge in [-0.3, -0.25) is 0 Å². The smallest absolute Gasteiger partial charge is 0.248 e. The molecule has 0 saturated carbocycles. The normalized spacial score (nSPS) is 18.7. The molecule has 1 fully saturated rings. The Hall–Kier alpha value is -2.17. The Morgan fingerprint density at radius 1 is 1.15 bits per heavy atom. The molecule has 0 spiro atoms. The Morgan fingerprint density at radius 2 is 2.00 bits per heavy atom. The highest BCUT2D eigenvalue weighted by molar-refractivity contribution is 7.89. The summed E-state index contributed by atoms with van der Waals surface area (Å²) >= 11 is 1.48. The monoisotopic (exact) mass is 411 g/mol. The van der Waals surface area contributed by atoms with Crippen LogP contribution in [0.25, 0.3) is 11.5 Å². The first-order valence-electron chi connectivity index (χ1n) is 8.29. The SMILES string of the molecule is O=S(=O)(c1ccc(F)c(F)c1)N1CCCCC1c1nnc(-c2ccsc2)o1. The maximum absolute atomic E-state index is 13.6. The molecule has 3 heterocycles. The van der Waals surface area contributed by atoms with Crippen LogP contribution in [0.4, 0.5) is 8.78 Å². The predicted octanol–water partition coefficient (Wildman–Crippen LogP) is 3.99. The van der Waals surface area contributed by atoms with Crippen LogP contribution in [0.2, 0.25) is 0 Å². The fraction of sp³-hybridized carbons (Fsp3) is 0.294. The van der Waals surface area contributed by atoms with Gasteiger partial charge in [-0.1, -0.05) is 6.42 Å². The first kappa shape index (κ1) is 18.2. The average molecular weight is 411 g/mol. The predicted molar refractivity (Wildman–Crippen MR) is 94.5 cm³/mol. The molecule has 1 saturated heterocycles. The van der Waals surface area contributed by atoms with Crippen molar-refractivity contribution in [2.75, 3.05) is 6.54 Å². The quantitative estimate of drug-likeness (QED) is 0.649. The molecular formula is C17H15F2N3O3S2. The Morgan fingerprint density at radius 3 is 2.74 bits per heavy atom. The molecule has 2 aromatic heterocycles. The lowest BCUT2D eigenvalue weighted by atomic mass is 10.1. The van der Waals surface area contributed by atoms with E-state index in [1.165, 1.54) is 15.6 Å². The van der Waals surface area contributed by atoms with E-state index in [0.29, 0.717) is 24.8 Å². The van der Waals surface area contributed by atoms with E-state index in [-0.39, 0.29) is 17.3 Å². The fourth-order valence-corrected chi connectivity index (χ4v) is 5.38. The van der Waals surface area contributed by atoms with Crippen molar-refractivity contribution in [2.45, 2.75) is 30.2 Å². The lowest BCUT2D eigenvalue weighted by molar-refractivity contribution is 0.220. The van der Waals surface area contributed by atoms with Crippen molar-refractivity contribution in [3.63, 3.8) is 0 Å². The number of aromatic nitrogens is 2. The number of hydrogen-bond donors (Lipinski definition) is 0. The third-order valence-electron chi connectivity index (χ3n) is 4.45. The van der Waals surface area contributed by atoms with Crippen LogP contribution < -0.4 is 0 Å². The highest BCUT2D eigenvalue weighted by Crippen LogP contribution is 2.36. The highest BCUT2D eigenvalue weighted by atomic mass is 32.2. The molecule has 1 aliphatic heterocycles. The zero-order valence-corrected chi connectivity index (χ0v) is 15.6. The maximum atomic E-state index is 13.6. The van der Waals surface area contributed by atoms with E-state index in [2.05, 4.69) is 10.2 Å². The third kappa shape index (κ3) is 3.40. The standard InChI is InChI=1S/C17H15F2N3O3S2/c18-13-5-4-12(9-14(13)19)27(23,24)22-7-2-1-3-15(22)17-21-20-16(25-17)11-6-8-26-10-11/h4-6,8-10,15H,1-3,7H2. The number of nitrogens with zero attached hydrogens (tertiary/aromatic N) is 3. The van der Waals surface area contributed by atoms with Crippen molar-refractivity contribution in [1.82, 2.24) is 14.5 Å². The summed E-state index contributed by atoms with van der Waals surface area (Å²) in [6, 6.07) is 3.75. The van der Waals surface area contributed by atoms with Crippen LogP contribution in [0.1, 0.15) is 31.2 Å². The molecule has 0 N–H and O–H groups in total. The van der Waals surface area contributed by atoms with Gasteiger partial charge in [0.25, 0.3) is 0 Å². The van der Waals surface area contributed by atoms with Gasteiger partial charge in [0.15, 0.2) is 11.6 Å². The van der Waals surface area contributed by atoms with Gasteiger partial charge < -0.3 is 4.42 Å². The van der Waals surface area contributed by atoms with Gasteiger partial charge >= 0.3 is 0 Å². The molecule has 0 amide bonds. The van der Waals surface area contributed by atoms with Gasteiger partial charge in [0.05, 0.1) is 4.90 Å². The molecule has 0 bridgehead atoms. The topological polar surface area (TPSA) is 76.3 Å². The van der Waals surface area contributed by atoms with Crippen LogP contribution >= 0.6 is 11.3 Å². The van der Waals surface area contributed by atoms with Crippen LogP contribution in [0.15, 0.2) is 44.3 Å². The highest BCUT2D eigenvalue weighted by Gasteiger charge is 2.37. The van der Waals surface area contributed by atoms with E-state index in [4.69, 9.17) is 4.42 Å². The summed E-state index contributed by atoms with van der Waals surface area (Å²) < 4.78 is 59.7. The molecule has 142 valence electrons. The van der Waals surface area contributed by atoms with E-state index in [0.717, 1.165) is 24.1 Å². The second-order valence-corrected chi connectivity index (χ2v) is 8.83. The van der Waals surface area contributed by atoms with Gasteiger partial charge in [-0.25, -0.2) is 17.2 Å². The number of sulfonamides is 1. The molecule has 1 aliphatic rings. The van der Waals surface area contributed by atoms with Crippen LogP contribution in [0.3, 0.4) is 0 Å². The Kier molecular flexibility index (Phi) is 4.79. The minimum absolute atomic E-state index is 0.196. The maximum Gasteiger partial charge on any atom is 0.248 e. The summed E-state index contributed by atoms with van der Waals surface area (Å²) in [6.07, 6.45) is 1.96. The van der Waals surface area contributed by atoms with Crippen molar-refractivity contribution < 1.29 is 21.6 Å². The number of thiophene rings is 1. The van der Waals surface area contributed by atoms with E-state index in [1.807, 2.05) is 16.8 Å². The summed E-state index contributed by atoms with van der Waals surface area (Å²) in [6.45, 7) is 0.238. The van der Waals surface area contributed by atoms with Crippen molar-refractivity contribution >= 4 is 21.4 Å². The second-order valence-electron chi connectivity index (χ2n) is 6.16. The minimum atomic E-state index is -4.04. The zero-order valence-electron chi connectivity index (χ0n) is 14.0. The second kappa shape index (κ2) is 7.10. The molecule has 1 atom stereocenters.